The van der Waals surface area contributed by atoms with Crippen LogP contribution in [0.2, 0.25) is 0 Å². The van der Waals surface area contributed by atoms with Gasteiger partial charge in [-0.1, -0.05) is 0 Å². The number of hydrogen-bond donors (Lipinski definition) is 2. The van der Waals surface area contributed by atoms with Crippen LogP contribution in [0.3, 0.4) is 0 Å². The van der Waals surface area contributed by atoms with E-state index in [1.165, 1.54) is 0 Å². The minimum absolute atomic E-state index is 0.0654. The van der Waals surface area contributed by atoms with Crippen molar-refractivity contribution >= 4 is 5.69 Å². The van der Waals surface area contributed by atoms with Gasteiger partial charge < -0.3 is 15.6 Å². The summed E-state index contributed by atoms with van der Waals surface area (Å²) in [7, 11) is 1.58. The van der Waals surface area contributed by atoms with Crippen LogP contribution in [0.5, 0.6) is 5.88 Å². The number of aliphatic hydroxyl groups excluding tert-OH is 1. The predicted octanol–water partition coefficient (Wildman–Crippen LogP) is 2.14. The third-order valence-electron chi connectivity index (χ3n) is 2.92. The Morgan fingerprint density at radius 3 is 2.61 bits per heavy atom. The topological polar surface area (TPSA) is 68.4 Å². The zero-order valence-corrected chi connectivity index (χ0v) is 10.5. The van der Waals surface area contributed by atoms with Gasteiger partial charge in [-0.2, -0.15) is 0 Å². The van der Waals surface area contributed by atoms with Crippen LogP contribution >= 0.6 is 0 Å². The first-order valence-corrected chi connectivity index (χ1v) is 5.66. The van der Waals surface area contributed by atoms with Crippen LogP contribution < -0.4 is 10.5 Å². The number of hydrogen-bond acceptors (Lipinski definition) is 4. The molecule has 2 aromatic rings. The van der Waals surface area contributed by atoms with E-state index in [-0.39, 0.29) is 6.61 Å². The molecule has 4 nitrogen and oxygen atoms in total. The van der Waals surface area contributed by atoms with E-state index in [1.54, 1.807) is 19.4 Å². The van der Waals surface area contributed by atoms with Gasteiger partial charge in [0.1, 0.15) is 0 Å². The van der Waals surface area contributed by atoms with Gasteiger partial charge in [-0.05, 0) is 36.2 Å². The summed E-state index contributed by atoms with van der Waals surface area (Å²) in [6, 6.07) is 7.60. The number of pyridine rings is 1. The first-order valence-electron chi connectivity index (χ1n) is 5.66. The van der Waals surface area contributed by atoms with Crippen molar-refractivity contribution in [2.24, 2.45) is 0 Å². The Morgan fingerprint density at radius 1 is 1.28 bits per heavy atom. The molecule has 94 valence electrons. The van der Waals surface area contributed by atoms with Crippen molar-refractivity contribution in [3.8, 4) is 17.0 Å². The van der Waals surface area contributed by atoms with Crippen molar-refractivity contribution in [3.05, 3.63) is 41.6 Å². The Bertz CT molecular complexity index is 550. The normalized spacial score (nSPS) is 10.4. The number of aryl methyl sites for hydroxylation is 1. The minimum Gasteiger partial charge on any atom is -0.481 e. The van der Waals surface area contributed by atoms with Gasteiger partial charge in [-0.3, -0.25) is 0 Å². The van der Waals surface area contributed by atoms with Crippen molar-refractivity contribution in [1.29, 1.82) is 0 Å². The first-order chi connectivity index (χ1) is 8.65. The van der Waals surface area contributed by atoms with Gasteiger partial charge in [0.05, 0.1) is 13.7 Å². The summed E-state index contributed by atoms with van der Waals surface area (Å²) in [5.41, 5.74) is 10.2. The standard InChI is InChI=1S/C14H16N2O2/c1-9-5-11(6-12(8-17)14(9)15)10-3-4-13(18-2)16-7-10/h3-7,17H,8,15H2,1-2H3. The number of nitrogens with two attached hydrogens (primary N) is 1. The number of benzene rings is 1. The fourth-order valence-electron chi connectivity index (χ4n) is 1.84. The molecule has 2 rings (SSSR count). The van der Waals surface area contributed by atoms with E-state index in [0.29, 0.717) is 11.6 Å². The highest BCUT2D eigenvalue weighted by atomic mass is 16.5. The summed E-state index contributed by atoms with van der Waals surface area (Å²) in [6.45, 7) is 1.86. The molecule has 1 heterocycles. The molecule has 0 amide bonds. The second-order valence-electron chi connectivity index (χ2n) is 4.11. The first kappa shape index (κ1) is 12.4. The Balaban J connectivity index is 2.46. The lowest BCUT2D eigenvalue weighted by molar-refractivity contribution is 0.282. The molecule has 0 aliphatic rings. The average Bonchev–Trinajstić information content (AvgIpc) is 2.42. The van der Waals surface area contributed by atoms with Crippen LogP contribution in [0.1, 0.15) is 11.1 Å². The van der Waals surface area contributed by atoms with Crippen LogP contribution in [0.15, 0.2) is 30.5 Å². The fraction of sp³-hybridized carbons (Fsp3) is 0.214. The van der Waals surface area contributed by atoms with Gasteiger partial charge in [0, 0.05) is 29.1 Å². The van der Waals surface area contributed by atoms with Gasteiger partial charge >= 0.3 is 0 Å². The van der Waals surface area contributed by atoms with E-state index < -0.39 is 0 Å². The molecule has 0 saturated heterocycles. The minimum atomic E-state index is -0.0654. The SMILES string of the molecule is COc1ccc(-c2cc(C)c(N)c(CO)c2)cn1. The zero-order valence-electron chi connectivity index (χ0n) is 10.5. The van der Waals surface area contributed by atoms with Crippen LogP contribution in [0.4, 0.5) is 5.69 Å². The van der Waals surface area contributed by atoms with Gasteiger partial charge in [0.2, 0.25) is 5.88 Å². The van der Waals surface area contributed by atoms with E-state index in [1.807, 2.05) is 25.1 Å². The summed E-state index contributed by atoms with van der Waals surface area (Å²) in [5, 5.41) is 9.28. The smallest absolute Gasteiger partial charge is 0.212 e. The molecule has 18 heavy (non-hydrogen) atoms. The van der Waals surface area contributed by atoms with E-state index in [9.17, 15) is 5.11 Å². The Hall–Kier alpha value is -2.07. The molecule has 0 aliphatic carbocycles. The summed E-state index contributed by atoms with van der Waals surface area (Å²) in [6.07, 6.45) is 1.74. The van der Waals surface area contributed by atoms with Crippen LogP contribution in [-0.4, -0.2) is 17.2 Å². The van der Waals surface area contributed by atoms with Crippen LogP contribution in [0, 0.1) is 6.92 Å². The van der Waals surface area contributed by atoms with Crippen molar-refractivity contribution in [3.63, 3.8) is 0 Å². The number of ether oxygens (including phenoxy) is 1. The second-order valence-corrected chi connectivity index (χ2v) is 4.11. The van der Waals surface area contributed by atoms with Gasteiger partial charge in [-0.15, -0.1) is 0 Å². The predicted molar refractivity (Wildman–Crippen MR) is 71.3 cm³/mol. The number of aliphatic hydroxyl groups is 1. The number of nitrogen functional groups attached to an aromatic ring is 1. The van der Waals surface area contributed by atoms with Gasteiger partial charge in [0.15, 0.2) is 0 Å². The number of aromatic nitrogens is 1. The number of methoxy groups -OCH3 is 1. The van der Waals surface area contributed by atoms with Crippen molar-refractivity contribution < 1.29 is 9.84 Å². The third kappa shape index (κ3) is 2.28. The van der Waals surface area contributed by atoms with E-state index in [2.05, 4.69) is 4.98 Å². The second kappa shape index (κ2) is 5.06. The fourth-order valence-corrected chi connectivity index (χ4v) is 1.84. The maximum atomic E-state index is 9.28. The molecule has 0 aliphatic heterocycles. The molecule has 0 unspecified atom stereocenters. The zero-order chi connectivity index (χ0) is 13.1. The molecule has 3 N–H and O–H groups in total. The molecule has 0 radical (unpaired) electrons. The number of nitrogens with zero attached hydrogens (tertiary/aromatic N) is 1. The molecule has 0 saturated carbocycles. The third-order valence-corrected chi connectivity index (χ3v) is 2.92. The summed E-state index contributed by atoms with van der Waals surface area (Å²) >= 11 is 0. The Morgan fingerprint density at radius 2 is 2.06 bits per heavy atom. The largest absolute Gasteiger partial charge is 0.481 e. The molecule has 1 aromatic heterocycles. The van der Waals surface area contributed by atoms with E-state index >= 15 is 0 Å². The quantitative estimate of drug-likeness (QED) is 0.812. The number of anilines is 1. The Labute approximate surface area is 106 Å². The molecular formula is C14H16N2O2. The van der Waals surface area contributed by atoms with Crippen molar-refractivity contribution in [1.82, 2.24) is 4.98 Å². The molecule has 1 aromatic carbocycles. The highest BCUT2D eigenvalue weighted by molar-refractivity contribution is 5.69. The summed E-state index contributed by atoms with van der Waals surface area (Å²) in [5.74, 6) is 0.577. The average molecular weight is 244 g/mol. The molecule has 4 heteroatoms. The van der Waals surface area contributed by atoms with E-state index in [4.69, 9.17) is 10.5 Å². The molecular weight excluding hydrogens is 228 g/mol. The summed E-state index contributed by atoms with van der Waals surface area (Å²) < 4.78 is 5.02. The van der Waals surface area contributed by atoms with E-state index in [0.717, 1.165) is 22.3 Å². The lowest BCUT2D eigenvalue weighted by Gasteiger charge is -2.10. The lowest BCUT2D eigenvalue weighted by Crippen LogP contribution is -1.98. The monoisotopic (exact) mass is 244 g/mol. The lowest BCUT2D eigenvalue weighted by atomic mass is 10.00. The molecule has 0 fully saturated rings. The Kier molecular flexibility index (Phi) is 3.48. The molecule has 0 atom stereocenters. The van der Waals surface area contributed by atoms with Gasteiger partial charge in [-0.25, -0.2) is 4.98 Å². The molecule has 0 spiro atoms. The molecule has 0 bridgehead atoms. The summed E-state index contributed by atoms with van der Waals surface area (Å²) in [4.78, 5) is 4.17. The highest BCUT2D eigenvalue weighted by Gasteiger charge is 2.06. The van der Waals surface area contributed by atoms with Crippen LogP contribution in [0.25, 0.3) is 11.1 Å². The maximum Gasteiger partial charge on any atom is 0.212 e. The van der Waals surface area contributed by atoms with Crippen molar-refractivity contribution in [2.45, 2.75) is 13.5 Å². The maximum absolute atomic E-state index is 9.28. The highest BCUT2D eigenvalue weighted by Crippen LogP contribution is 2.27. The van der Waals surface area contributed by atoms with Crippen LogP contribution in [-0.2, 0) is 6.61 Å². The number of rotatable bonds is 3. The van der Waals surface area contributed by atoms with Gasteiger partial charge in [0.25, 0.3) is 0 Å². The van der Waals surface area contributed by atoms with Crippen molar-refractivity contribution in [2.75, 3.05) is 12.8 Å².